The van der Waals surface area contributed by atoms with Crippen molar-refractivity contribution in [3.05, 3.63) is 29.8 Å². The summed E-state index contributed by atoms with van der Waals surface area (Å²) in [5.41, 5.74) is -0.927. The van der Waals surface area contributed by atoms with E-state index in [4.69, 9.17) is 0 Å². The van der Waals surface area contributed by atoms with Gasteiger partial charge in [0.05, 0.1) is 11.3 Å². The van der Waals surface area contributed by atoms with Gasteiger partial charge in [-0.1, -0.05) is 6.07 Å². The second kappa shape index (κ2) is 6.23. The lowest BCUT2D eigenvalue weighted by Gasteiger charge is -2.22. The maximum atomic E-state index is 12.6. The molecule has 1 aliphatic rings. The summed E-state index contributed by atoms with van der Waals surface area (Å²) in [6.45, 7) is 1.54. The molecule has 8 heteroatoms. The number of halogens is 3. The first-order chi connectivity index (χ1) is 9.76. The van der Waals surface area contributed by atoms with Crippen LogP contribution in [0.15, 0.2) is 24.3 Å². The molecular formula is C13H17F3N2O2S. The monoisotopic (exact) mass is 322 g/mol. The molecule has 1 aromatic rings. The first-order valence-electron chi connectivity index (χ1n) is 6.65. The van der Waals surface area contributed by atoms with E-state index in [-0.39, 0.29) is 17.4 Å². The summed E-state index contributed by atoms with van der Waals surface area (Å²) >= 11 is 0. The lowest BCUT2D eigenvalue weighted by atomic mass is 10.0. The minimum absolute atomic E-state index is 0.0366. The van der Waals surface area contributed by atoms with E-state index in [1.165, 1.54) is 12.1 Å². The van der Waals surface area contributed by atoms with Crippen molar-refractivity contribution in [2.24, 2.45) is 5.92 Å². The molecule has 1 aromatic carbocycles. The van der Waals surface area contributed by atoms with Crippen molar-refractivity contribution >= 4 is 15.7 Å². The Morgan fingerprint density at radius 2 is 1.90 bits per heavy atom. The van der Waals surface area contributed by atoms with Gasteiger partial charge in [0.25, 0.3) is 0 Å². The molecule has 0 aromatic heterocycles. The molecule has 1 heterocycles. The zero-order chi connectivity index (χ0) is 15.5. The lowest BCUT2D eigenvalue weighted by Crippen LogP contribution is -2.33. The van der Waals surface area contributed by atoms with Gasteiger partial charge >= 0.3 is 6.18 Å². The Bertz CT molecular complexity index is 581. The van der Waals surface area contributed by atoms with Crippen molar-refractivity contribution in [3.63, 3.8) is 0 Å². The van der Waals surface area contributed by atoms with Crippen LogP contribution in [0, 0.1) is 5.92 Å². The van der Waals surface area contributed by atoms with Gasteiger partial charge in [-0.2, -0.15) is 13.2 Å². The Morgan fingerprint density at radius 1 is 1.24 bits per heavy atom. The van der Waals surface area contributed by atoms with Crippen LogP contribution in [-0.4, -0.2) is 27.3 Å². The van der Waals surface area contributed by atoms with Gasteiger partial charge in [0.2, 0.25) is 10.0 Å². The molecule has 0 amide bonds. The number of hydrogen-bond donors (Lipinski definition) is 2. The number of nitrogens with one attached hydrogen (secondary N) is 2. The zero-order valence-corrected chi connectivity index (χ0v) is 12.1. The van der Waals surface area contributed by atoms with E-state index in [1.807, 2.05) is 0 Å². The third-order valence-electron chi connectivity index (χ3n) is 3.38. The van der Waals surface area contributed by atoms with Gasteiger partial charge in [0.1, 0.15) is 0 Å². The molecule has 1 aliphatic heterocycles. The predicted molar refractivity (Wildman–Crippen MR) is 74.4 cm³/mol. The van der Waals surface area contributed by atoms with Gasteiger partial charge in [0, 0.05) is 5.69 Å². The highest BCUT2D eigenvalue weighted by molar-refractivity contribution is 7.92. The number of sulfonamides is 1. The summed E-state index contributed by atoms with van der Waals surface area (Å²) in [5, 5.41) is 3.13. The molecule has 0 radical (unpaired) electrons. The highest BCUT2D eigenvalue weighted by Crippen LogP contribution is 2.31. The van der Waals surface area contributed by atoms with Crippen molar-refractivity contribution in [3.8, 4) is 0 Å². The Hall–Kier alpha value is -1.28. The van der Waals surface area contributed by atoms with Crippen molar-refractivity contribution in [2.45, 2.75) is 19.0 Å². The minimum atomic E-state index is -4.49. The quantitative estimate of drug-likeness (QED) is 0.895. The summed E-state index contributed by atoms with van der Waals surface area (Å²) in [5.74, 6) is -0.0279. The highest BCUT2D eigenvalue weighted by atomic mass is 32.2. The zero-order valence-electron chi connectivity index (χ0n) is 11.3. The van der Waals surface area contributed by atoms with Crippen LogP contribution < -0.4 is 10.0 Å². The van der Waals surface area contributed by atoms with Gasteiger partial charge in [-0.15, -0.1) is 0 Å². The second-order valence-electron chi connectivity index (χ2n) is 5.16. The van der Waals surface area contributed by atoms with Crippen LogP contribution in [-0.2, 0) is 16.2 Å². The van der Waals surface area contributed by atoms with Gasteiger partial charge in [-0.25, -0.2) is 8.42 Å². The van der Waals surface area contributed by atoms with E-state index >= 15 is 0 Å². The first kappa shape index (κ1) is 16.1. The van der Waals surface area contributed by atoms with Crippen molar-refractivity contribution in [2.75, 3.05) is 23.6 Å². The molecule has 2 N–H and O–H groups in total. The Balaban J connectivity index is 2.06. The fourth-order valence-corrected chi connectivity index (χ4v) is 3.86. The number of benzene rings is 1. The molecule has 4 nitrogen and oxygen atoms in total. The molecule has 0 unspecified atom stereocenters. The third kappa shape index (κ3) is 4.89. The van der Waals surface area contributed by atoms with E-state index in [2.05, 4.69) is 10.0 Å². The Labute approximate surface area is 121 Å². The molecule has 2 rings (SSSR count). The minimum Gasteiger partial charge on any atom is -0.317 e. The predicted octanol–water partition coefficient (Wildman–Crippen LogP) is 2.45. The molecule has 0 atom stereocenters. The van der Waals surface area contributed by atoms with E-state index in [1.54, 1.807) is 0 Å². The SMILES string of the molecule is O=S(=O)(CC1CCNCC1)Nc1cccc(C(F)(F)F)c1. The second-order valence-corrected chi connectivity index (χ2v) is 6.92. The van der Waals surface area contributed by atoms with E-state index < -0.39 is 21.8 Å². The largest absolute Gasteiger partial charge is 0.416 e. The van der Waals surface area contributed by atoms with Gasteiger partial charge in [-0.05, 0) is 50.0 Å². The number of hydrogen-bond acceptors (Lipinski definition) is 3. The van der Waals surface area contributed by atoms with Gasteiger partial charge in [-0.3, -0.25) is 4.72 Å². The third-order valence-corrected chi connectivity index (χ3v) is 4.83. The van der Waals surface area contributed by atoms with Crippen molar-refractivity contribution in [1.82, 2.24) is 5.32 Å². The number of anilines is 1. The van der Waals surface area contributed by atoms with Crippen LogP contribution in [0.2, 0.25) is 0 Å². The smallest absolute Gasteiger partial charge is 0.317 e. The van der Waals surface area contributed by atoms with Crippen LogP contribution in [0.4, 0.5) is 18.9 Å². The standard InChI is InChI=1S/C13H17F3N2O2S/c14-13(15,16)11-2-1-3-12(8-11)18-21(19,20)9-10-4-6-17-7-5-10/h1-3,8,10,17-18H,4-7,9H2. The maximum absolute atomic E-state index is 12.6. The molecule has 21 heavy (non-hydrogen) atoms. The molecule has 0 aliphatic carbocycles. The normalized spacial score (nSPS) is 17.7. The van der Waals surface area contributed by atoms with E-state index in [0.29, 0.717) is 0 Å². The molecule has 0 bridgehead atoms. The summed E-state index contributed by atoms with van der Waals surface area (Å²) < 4.78 is 64.0. The fourth-order valence-electron chi connectivity index (χ4n) is 2.34. The summed E-state index contributed by atoms with van der Waals surface area (Å²) in [7, 11) is -3.64. The van der Waals surface area contributed by atoms with E-state index in [9.17, 15) is 21.6 Å². The van der Waals surface area contributed by atoms with Crippen LogP contribution in [0.1, 0.15) is 18.4 Å². The molecule has 0 saturated carbocycles. The molecule has 1 fully saturated rings. The molecular weight excluding hydrogens is 305 g/mol. The number of rotatable bonds is 4. The molecule has 1 saturated heterocycles. The topological polar surface area (TPSA) is 58.2 Å². The van der Waals surface area contributed by atoms with Gasteiger partial charge in [0.15, 0.2) is 0 Å². The molecule has 0 spiro atoms. The van der Waals surface area contributed by atoms with Crippen LogP contribution in [0.3, 0.4) is 0 Å². The summed E-state index contributed by atoms with van der Waals surface area (Å²) in [6, 6.07) is 4.21. The summed E-state index contributed by atoms with van der Waals surface area (Å²) in [4.78, 5) is 0. The lowest BCUT2D eigenvalue weighted by molar-refractivity contribution is -0.137. The van der Waals surface area contributed by atoms with Crippen LogP contribution in [0.25, 0.3) is 0 Å². The maximum Gasteiger partial charge on any atom is 0.416 e. The summed E-state index contributed by atoms with van der Waals surface area (Å²) in [6.07, 6.45) is -2.98. The van der Waals surface area contributed by atoms with Crippen molar-refractivity contribution < 1.29 is 21.6 Å². The highest BCUT2D eigenvalue weighted by Gasteiger charge is 2.30. The van der Waals surface area contributed by atoms with Crippen LogP contribution >= 0.6 is 0 Å². The van der Waals surface area contributed by atoms with Crippen LogP contribution in [0.5, 0.6) is 0 Å². The number of piperidine rings is 1. The molecule has 118 valence electrons. The van der Waals surface area contributed by atoms with Crippen molar-refractivity contribution in [1.29, 1.82) is 0 Å². The van der Waals surface area contributed by atoms with Gasteiger partial charge < -0.3 is 5.32 Å². The number of alkyl halides is 3. The first-order valence-corrected chi connectivity index (χ1v) is 8.30. The average molecular weight is 322 g/mol. The van der Waals surface area contributed by atoms with E-state index in [0.717, 1.165) is 38.1 Å². The fraction of sp³-hybridized carbons (Fsp3) is 0.538. The average Bonchev–Trinajstić information content (AvgIpc) is 2.38. The Kier molecular flexibility index (Phi) is 4.77. The Morgan fingerprint density at radius 3 is 2.52 bits per heavy atom.